The molecule has 0 rings (SSSR count). The SMILES string of the molecule is C[C-](C)C.[CH2-]C=CC=CC.[CH3-].[NH2-].[Ti+4]. The van der Waals surface area contributed by atoms with Crippen LogP contribution in [0.15, 0.2) is 24.3 Å². The fourth-order valence-electron chi connectivity index (χ4n) is 0.190. The van der Waals surface area contributed by atoms with Crippen molar-refractivity contribution in [3.63, 3.8) is 0 Å². The summed E-state index contributed by atoms with van der Waals surface area (Å²) in [5.74, 6) is 1.42. The van der Waals surface area contributed by atoms with Gasteiger partial charge in [0, 0.05) is 0 Å². The first-order valence-electron chi connectivity index (χ1n) is 3.49. The fourth-order valence-corrected chi connectivity index (χ4v) is 0.190. The number of nitrogens with two attached hydrogens (primary N) is 1. The molecule has 13 heavy (non-hydrogen) atoms. The van der Waals surface area contributed by atoms with E-state index >= 15 is 0 Å². The van der Waals surface area contributed by atoms with Gasteiger partial charge < -0.3 is 19.5 Å². The van der Waals surface area contributed by atoms with Crippen LogP contribution < -0.4 is 0 Å². The summed E-state index contributed by atoms with van der Waals surface area (Å²) in [6.07, 6.45) is 7.54. The summed E-state index contributed by atoms with van der Waals surface area (Å²) < 4.78 is 0. The third-order valence-corrected chi connectivity index (χ3v) is 0.440. The fraction of sp³-hybridized carbons (Fsp3) is 0.364. The van der Waals surface area contributed by atoms with Gasteiger partial charge in [-0.3, -0.25) is 0 Å². The molecule has 0 fully saturated rings. The summed E-state index contributed by atoms with van der Waals surface area (Å²) in [6, 6.07) is 0. The van der Waals surface area contributed by atoms with E-state index in [0.717, 1.165) is 0 Å². The molecule has 0 saturated heterocycles. The van der Waals surface area contributed by atoms with Crippen LogP contribution in [-0.2, 0) is 21.7 Å². The molecule has 0 aromatic carbocycles. The predicted octanol–water partition coefficient (Wildman–Crippen LogP) is 4.74. The summed E-state index contributed by atoms with van der Waals surface area (Å²) in [5.41, 5.74) is 0. The summed E-state index contributed by atoms with van der Waals surface area (Å²) in [5, 5.41) is 0. The van der Waals surface area contributed by atoms with Crippen molar-refractivity contribution in [2.75, 3.05) is 0 Å². The van der Waals surface area contributed by atoms with Crippen molar-refractivity contribution in [1.82, 2.24) is 0 Å². The van der Waals surface area contributed by atoms with Gasteiger partial charge in [-0.05, 0) is 6.92 Å². The number of rotatable bonds is 1. The quantitative estimate of drug-likeness (QED) is 0.345. The van der Waals surface area contributed by atoms with Gasteiger partial charge in [0.1, 0.15) is 0 Å². The van der Waals surface area contributed by atoms with E-state index in [4.69, 9.17) is 0 Å². The zero-order chi connectivity index (χ0) is 8.41. The molecule has 0 aromatic rings. The van der Waals surface area contributed by atoms with Crippen LogP contribution in [-0.4, -0.2) is 0 Å². The number of hydrogen-bond acceptors (Lipinski definition) is 0. The van der Waals surface area contributed by atoms with Gasteiger partial charge in [0.05, 0.1) is 0 Å². The number of hydrogen-bond donors (Lipinski definition) is 0. The van der Waals surface area contributed by atoms with Gasteiger partial charge in [0.2, 0.25) is 0 Å². The molecule has 0 heterocycles. The summed E-state index contributed by atoms with van der Waals surface area (Å²) in [4.78, 5) is 0. The van der Waals surface area contributed by atoms with Gasteiger partial charge in [-0.15, -0.1) is 12.2 Å². The van der Waals surface area contributed by atoms with Gasteiger partial charge in [0.15, 0.2) is 0 Å². The van der Waals surface area contributed by atoms with Gasteiger partial charge in [0.25, 0.3) is 0 Å². The average Bonchev–Trinajstić information content (AvgIpc) is 1.82. The summed E-state index contributed by atoms with van der Waals surface area (Å²) in [6.45, 7) is 11.7. The van der Waals surface area contributed by atoms with Crippen LogP contribution >= 0.6 is 0 Å². The molecule has 0 aromatic heterocycles. The van der Waals surface area contributed by atoms with E-state index in [2.05, 4.69) is 27.7 Å². The standard InChI is InChI=1S/C6H9.C4H9.CH3.H2N.Ti/c1-3-5-6-4-2;1-4(2)3;;;/h3-6H,1H2,2H3;1-3H3;1H3;1H2;/q4*-1;+4. The molecule has 0 bridgehead atoms. The van der Waals surface area contributed by atoms with Crippen LogP contribution in [0.3, 0.4) is 0 Å². The topological polar surface area (TPSA) is 33.5 Å². The minimum atomic E-state index is 0. The van der Waals surface area contributed by atoms with Crippen LogP contribution in [0.5, 0.6) is 0 Å². The molecule has 0 saturated carbocycles. The Labute approximate surface area is 100 Å². The van der Waals surface area contributed by atoms with E-state index in [1.54, 1.807) is 6.08 Å². The van der Waals surface area contributed by atoms with E-state index in [1.165, 1.54) is 5.92 Å². The van der Waals surface area contributed by atoms with Gasteiger partial charge in [-0.25, -0.2) is 19.1 Å². The maximum Gasteiger partial charge on any atom is 4.00 e. The Morgan fingerprint density at radius 1 is 1.08 bits per heavy atom. The Hall–Kier alpha value is 0.0243. The van der Waals surface area contributed by atoms with Crippen molar-refractivity contribution in [1.29, 1.82) is 0 Å². The molecule has 76 valence electrons. The third-order valence-electron chi connectivity index (χ3n) is 0.440. The van der Waals surface area contributed by atoms with Gasteiger partial charge >= 0.3 is 21.7 Å². The van der Waals surface area contributed by atoms with Crippen LogP contribution in [0.4, 0.5) is 0 Å². The van der Waals surface area contributed by atoms with E-state index in [-0.39, 0.29) is 35.3 Å². The molecule has 0 radical (unpaired) electrons. The monoisotopic (exact) mass is 217 g/mol. The molecular weight excluding hydrogens is 194 g/mol. The van der Waals surface area contributed by atoms with Crippen molar-refractivity contribution in [2.45, 2.75) is 27.7 Å². The van der Waals surface area contributed by atoms with Crippen molar-refractivity contribution >= 4 is 0 Å². The third kappa shape index (κ3) is 132. The van der Waals surface area contributed by atoms with Gasteiger partial charge in [-0.1, -0.05) is 0 Å². The smallest absolute Gasteiger partial charge is 0.693 e. The molecule has 0 amide bonds. The molecule has 0 spiro atoms. The zero-order valence-electron chi connectivity index (χ0n) is 9.59. The molecule has 1 nitrogen and oxygen atoms in total. The Balaban J connectivity index is -0.0000000279. The van der Waals surface area contributed by atoms with Crippen LogP contribution in [0.25, 0.3) is 6.15 Å². The first-order valence-corrected chi connectivity index (χ1v) is 3.49. The molecule has 0 unspecified atom stereocenters. The van der Waals surface area contributed by atoms with Crippen molar-refractivity contribution < 1.29 is 21.7 Å². The second-order valence-corrected chi connectivity index (χ2v) is 2.45. The maximum atomic E-state index is 3.49. The van der Waals surface area contributed by atoms with E-state index < -0.39 is 0 Å². The zero-order valence-corrected chi connectivity index (χ0v) is 11.2. The summed E-state index contributed by atoms with van der Waals surface area (Å²) >= 11 is 0. The van der Waals surface area contributed by atoms with Gasteiger partial charge in [-0.2, -0.15) is 20.8 Å². The second-order valence-electron chi connectivity index (χ2n) is 2.45. The molecule has 0 aliphatic heterocycles. The molecule has 0 aliphatic rings. The Morgan fingerprint density at radius 2 is 1.38 bits per heavy atom. The van der Waals surface area contributed by atoms with E-state index in [9.17, 15) is 0 Å². The van der Waals surface area contributed by atoms with Crippen molar-refractivity contribution in [3.8, 4) is 0 Å². The van der Waals surface area contributed by atoms with Crippen LogP contribution in [0, 0.1) is 20.3 Å². The average molecular weight is 217 g/mol. The second kappa shape index (κ2) is 29.6. The van der Waals surface area contributed by atoms with Crippen LogP contribution in [0.1, 0.15) is 27.7 Å². The normalized spacial score (nSPS) is 8.08. The molecule has 0 atom stereocenters. The first kappa shape index (κ1) is 29.2. The van der Waals surface area contributed by atoms with Crippen molar-refractivity contribution in [2.24, 2.45) is 0 Å². The molecule has 2 N–H and O–H groups in total. The minimum absolute atomic E-state index is 0. The predicted molar refractivity (Wildman–Crippen MR) is 61.3 cm³/mol. The van der Waals surface area contributed by atoms with Crippen LogP contribution in [0.2, 0.25) is 0 Å². The van der Waals surface area contributed by atoms with E-state index in [0.29, 0.717) is 0 Å². The maximum absolute atomic E-state index is 3.49. The molecule has 2 heteroatoms. The summed E-state index contributed by atoms with van der Waals surface area (Å²) in [7, 11) is 0. The Kier molecular flexibility index (Phi) is 66.6. The first-order chi connectivity index (χ1) is 4.65. The molecule has 0 aliphatic carbocycles. The minimum Gasteiger partial charge on any atom is -0.693 e. The molecular formula is C11H23NTi. The Bertz CT molecular complexity index is 83.5. The largest absolute Gasteiger partial charge is 4.00 e. The van der Waals surface area contributed by atoms with Crippen molar-refractivity contribution in [3.05, 3.63) is 50.7 Å². The van der Waals surface area contributed by atoms with E-state index in [1.807, 2.05) is 25.2 Å². The Morgan fingerprint density at radius 3 is 1.46 bits per heavy atom. The number of allylic oxidation sites excluding steroid dienone is 4.